The molecule has 2 aromatic rings. The largest absolute Gasteiger partial charge is 0.465 e. The highest BCUT2D eigenvalue weighted by Crippen LogP contribution is 2.19. The number of rotatable bonds is 3. The second-order valence-electron chi connectivity index (χ2n) is 4.35. The van der Waals surface area contributed by atoms with Crippen LogP contribution in [-0.2, 0) is 11.2 Å². The van der Waals surface area contributed by atoms with Crippen LogP contribution in [0.1, 0.15) is 44.6 Å². The fraction of sp³-hybridized carbons (Fsp3) is 0.176. The van der Waals surface area contributed by atoms with Crippen molar-refractivity contribution in [3.05, 3.63) is 58.4 Å². The van der Waals surface area contributed by atoms with E-state index in [0.717, 1.165) is 5.56 Å². The summed E-state index contributed by atoms with van der Waals surface area (Å²) in [7, 11) is 1.29. The van der Waals surface area contributed by atoms with Crippen molar-refractivity contribution in [2.24, 2.45) is 0 Å². The van der Waals surface area contributed by atoms with E-state index in [1.807, 2.05) is 37.3 Å². The quantitative estimate of drug-likeness (QED) is 0.534. The molecule has 0 unspecified atom stereocenters. The lowest BCUT2D eigenvalue weighted by Crippen LogP contribution is -2.06. The van der Waals surface area contributed by atoms with E-state index in [9.17, 15) is 9.59 Å². The molecule has 0 aliphatic rings. The molecule has 0 saturated heterocycles. The number of aromatic amines is 1. The van der Waals surface area contributed by atoms with E-state index in [0.29, 0.717) is 24.0 Å². The first-order valence-electron chi connectivity index (χ1n) is 6.56. The van der Waals surface area contributed by atoms with E-state index in [-0.39, 0.29) is 11.3 Å². The summed E-state index contributed by atoms with van der Waals surface area (Å²) in [5.41, 5.74) is 2.61. The zero-order chi connectivity index (χ0) is 15.2. The standard InChI is InChI=1S/C17H15NO3/c1-3-13-14(10-9-12-7-5-4-6-8-12)18-15(11-19)16(13)17(20)21-2/h4-8,11,18H,3H2,1-2H3. The molecule has 1 heterocycles. The number of ether oxygens (including phenoxy) is 1. The van der Waals surface area contributed by atoms with Crippen LogP contribution in [0, 0.1) is 11.8 Å². The van der Waals surface area contributed by atoms with Crippen molar-refractivity contribution in [2.75, 3.05) is 7.11 Å². The SMILES string of the molecule is CCc1c(C#Cc2ccccc2)[nH]c(C=O)c1C(=O)OC. The van der Waals surface area contributed by atoms with Gasteiger partial charge in [-0.1, -0.05) is 31.0 Å². The summed E-state index contributed by atoms with van der Waals surface area (Å²) in [6, 6.07) is 9.50. The molecule has 4 heteroatoms. The van der Waals surface area contributed by atoms with Crippen LogP contribution in [-0.4, -0.2) is 24.3 Å². The van der Waals surface area contributed by atoms with Crippen LogP contribution >= 0.6 is 0 Å². The summed E-state index contributed by atoms with van der Waals surface area (Å²) in [6.07, 6.45) is 1.19. The maximum atomic E-state index is 11.8. The molecule has 1 N–H and O–H groups in total. The van der Waals surface area contributed by atoms with E-state index in [2.05, 4.69) is 16.8 Å². The van der Waals surface area contributed by atoms with E-state index in [1.165, 1.54) is 7.11 Å². The Kier molecular flexibility index (Phi) is 4.57. The lowest BCUT2D eigenvalue weighted by atomic mass is 10.1. The fourth-order valence-electron chi connectivity index (χ4n) is 2.10. The second kappa shape index (κ2) is 6.58. The average Bonchev–Trinajstić information content (AvgIpc) is 2.90. The number of aldehydes is 1. The molecule has 0 spiro atoms. The van der Waals surface area contributed by atoms with E-state index in [4.69, 9.17) is 4.74 Å². The molecule has 106 valence electrons. The molecular weight excluding hydrogens is 266 g/mol. The third-order valence-corrected chi connectivity index (χ3v) is 3.10. The van der Waals surface area contributed by atoms with Crippen molar-refractivity contribution >= 4 is 12.3 Å². The molecule has 0 aliphatic carbocycles. The Morgan fingerprint density at radius 2 is 2.00 bits per heavy atom. The molecule has 21 heavy (non-hydrogen) atoms. The number of carbonyl (C=O) groups is 2. The molecule has 4 nitrogen and oxygen atoms in total. The summed E-state index contributed by atoms with van der Waals surface area (Å²) in [5, 5.41) is 0. The summed E-state index contributed by atoms with van der Waals surface area (Å²) < 4.78 is 4.73. The number of methoxy groups -OCH3 is 1. The summed E-state index contributed by atoms with van der Waals surface area (Å²) in [5.74, 6) is 5.46. The van der Waals surface area contributed by atoms with Crippen LogP contribution in [0.25, 0.3) is 0 Å². The fourth-order valence-corrected chi connectivity index (χ4v) is 2.10. The number of hydrogen-bond acceptors (Lipinski definition) is 3. The van der Waals surface area contributed by atoms with Crippen molar-refractivity contribution in [3.63, 3.8) is 0 Å². The number of benzene rings is 1. The number of nitrogens with one attached hydrogen (secondary N) is 1. The zero-order valence-electron chi connectivity index (χ0n) is 11.9. The number of hydrogen-bond donors (Lipinski definition) is 1. The Morgan fingerprint density at radius 1 is 1.29 bits per heavy atom. The lowest BCUT2D eigenvalue weighted by molar-refractivity contribution is 0.0597. The van der Waals surface area contributed by atoms with Crippen LogP contribution < -0.4 is 0 Å². The lowest BCUT2D eigenvalue weighted by Gasteiger charge is -2.00. The van der Waals surface area contributed by atoms with E-state index >= 15 is 0 Å². The average molecular weight is 281 g/mol. The van der Waals surface area contributed by atoms with Crippen LogP contribution in [0.15, 0.2) is 30.3 Å². The normalized spacial score (nSPS) is 9.62. The molecule has 0 fully saturated rings. The highest BCUT2D eigenvalue weighted by Gasteiger charge is 2.21. The molecule has 0 atom stereocenters. The smallest absolute Gasteiger partial charge is 0.340 e. The topological polar surface area (TPSA) is 59.2 Å². The molecule has 0 saturated carbocycles. The van der Waals surface area contributed by atoms with Crippen molar-refractivity contribution in [2.45, 2.75) is 13.3 Å². The van der Waals surface area contributed by atoms with Crippen LogP contribution in [0.3, 0.4) is 0 Å². The Balaban J connectivity index is 2.50. The molecular formula is C17H15NO3. The monoisotopic (exact) mass is 281 g/mol. The van der Waals surface area contributed by atoms with Crippen molar-refractivity contribution in [1.82, 2.24) is 4.98 Å². The van der Waals surface area contributed by atoms with Gasteiger partial charge in [0.1, 0.15) is 0 Å². The van der Waals surface area contributed by atoms with Crippen LogP contribution in [0.5, 0.6) is 0 Å². The van der Waals surface area contributed by atoms with Gasteiger partial charge < -0.3 is 9.72 Å². The van der Waals surface area contributed by atoms with Gasteiger partial charge in [-0.3, -0.25) is 4.79 Å². The Hall–Kier alpha value is -2.80. The minimum atomic E-state index is -0.530. The molecule has 2 rings (SSSR count). The predicted octanol–water partition coefficient (Wildman–Crippen LogP) is 2.58. The Bertz CT molecular complexity index is 718. The van der Waals surface area contributed by atoms with Gasteiger partial charge in [0.15, 0.2) is 6.29 Å². The highest BCUT2D eigenvalue weighted by molar-refractivity contribution is 5.99. The van der Waals surface area contributed by atoms with Gasteiger partial charge in [-0.05, 0) is 24.5 Å². The van der Waals surface area contributed by atoms with Crippen LogP contribution in [0.2, 0.25) is 0 Å². The minimum absolute atomic E-state index is 0.205. The maximum Gasteiger partial charge on any atom is 0.340 e. The third-order valence-electron chi connectivity index (χ3n) is 3.10. The molecule has 0 bridgehead atoms. The second-order valence-corrected chi connectivity index (χ2v) is 4.35. The highest BCUT2D eigenvalue weighted by atomic mass is 16.5. The predicted molar refractivity (Wildman–Crippen MR) is 79.3 cm³/mol. The van der Waals surface area contributed by atoms with Gasteiger partial charge in [-0.2, -0.15) is 0 Å². The minimum Gasteiger partial charge on any atom is -0.465 e. The first-order chi connectivity index (χ1) is 10.2. The van der Waals surface area contributed by atoms with Crippen molar-refractivity contribution in [3.8, 4) is 11.8 Å². The Labute approximate surface area is 123 Å². The van der Waals surface area contributed by atoms with Crippen LogP contribution in [0.4, 0.5) is 0 Å². The summed E-state index contributed by atoms with van der Waals surface area (Å²) >= 11 is 0. The summed E-state index contributed by atoms with van der Waals surface area (Å²) in [4.78, 5) is 25.8. The van der Waals surface area contributed by atoms with Gasteiger partial charge in [0.05, 0.1) is 24.1 Å². The van der Waals surface area contributed by atoms with Crippen molar-refractivity contribution < 1.29 is 14.3 Å². The van der Waals surface area contributed by atoms with E-state index < -0.39 is 5.97 Å². The molecule has 1 aromatic heterocycles. The number of H-pyrrole nitrogens is 1. The van der Waals surface area contributed by atoms with E-state index in [1.54, 1.807) is 0 Å². The van der Waals surface area contributed by atoms with Gasteiger partial charge in [-0.25, -0.2) is 4.79 Å². The number of aromatic nitrogens is 1. The number of carbonyl (C=O) groups excluding carboxylic acids is 2. The molecule has 0 amide bonds. The Morgan fingerprint density at radius 3 is 2.57 bits per heavy atom. The first kappa shape index (κ1) is 14.6. The number of esters is 1. The maximum absolute atomic E-state index is 11.8. The molecule has 0 aliphatic heterocycles. The summed E-state index contributed by atoms with van der Waals surface area (Å²) in [6.45, 7) is 1.90. The first-order valence-corrected chi connectivity index (χ1v) is 6.56. The van der Waals surface area contributed by atoms with Gasteiger partial charge in [0, 0.05) is 11.1 Å². The molecule has 1 aromatic carbocycles. The van der Waals surface area contributed by atoms with Gasteiger partial charge in [0.2, 0.25) is 0 Å². The zero-order valence-corrected chi connectivity index (χ0v) is 11.9. The van der Waals surface area contributed by atoms with Gasteiger partial charge >= 0.3 is 5.97 Å². The third kappa shape index (κ3) is 3.03. The molecule has 0 radical (unpaired) electrons. The van der Waals surface area contributed by atoms with Gasteiger partial charge in [0.25, 0.3) is 0 Å². The van der Waals surface area contributed by atoms with Gasteiger partial charge in [-0.15, -0.1) is 0 Å². The van der Waals surface area contributed by atoms with Crippen molar-refractivity contribution in [1.29, 1.82) is 0 Å².